The molecule has 120 valence electrons. The Morgan fingerprint density at radius 3 is 2.77 bits per heavy atom. The van der Waals surface area contributed by atoms with Crippen LogP contribution in [0.25, 0.3) is 0 Å². The third-order valence-corrected chi connectivity index (χ3v) is 6.63. The van der Waals surface area contributed by atoms with E-state index in [4.69, 9.17) is 4.74 Å². The molecule has 1 saturated heterocycles. The van der Waals surface area contributed by atoms with Crippen LogP contribution in [-0.4, -0.2) is 41.7 Å². The topological polar surface area (TPSA) is 46.6 Å². The zero-order valence-corrected chi connectivity index (χ0v) is 15.5. The first-order valence-electron chi connectivity index (χ1n) is 7.13. The van der Waals surface area contributed by atoms with Gasteiger partial charge in [-0.25, -0.2) is 4.79 Å². The first-order valence-corrected chi connectivity index (χ1v) is 10.1. The maximum absolute atomic E-state index is 12.2. The second-order valence-electron chi connectivity index (χ2n) is 4.81. The Hall–Kier alpha value is -0.660. The van der Waals surface area contributed by atoms with Crippen molar-refractivity contribution in [2.24, 2.45) is 0 Å². The van der Waals surface area contributed by atoms with E-state index in [0.717, 1.165) is 9.37 Å². The number of ether oxygens (including phenoxy) is 1. The van der Waals surface area contributed by atoms with Gasteiger partial charge in [0.05, 0.1) is 11.9 Å². The van der Waals surface area contributed by atoms with E-state index in [1.165, 1.54) is 0 Å². The van der Waals surface area contributed by atoms with Gasteiger partial charge in [0.25, 0.3) is 0 Å². The van der Waals surface area contributed by atoms with E-state index in [-0.39, 0.29) is 17.1 Å². The molecule has 0 spiro atoms. The average molecular weight is 404 g/mol. The van der Waals surface area contributed by atoms with E-state index in [0.29, 0.717) is 32.5 Å². The maximum Gasteiger partial charge on any atom is 0.409 e. The quantitative estimate of drug-likeness (QED) is 0.697. The highest BCUT2D eigenvalue weighted by Gasteiger charge is 2.27. The van der Waals surface area contributed by atoms with Crippen LogP contribution in [-0.2, 0) is 9.53 Å². The number of benzene rings is 1. The Balaban J connectivity index is 1.87. The van der Waals surface area contributed by atoms with E-state index < -0.39 is 0 Å². The van der Waals surface area contributed by atoms with Gasteiger partial charge in [-0.2, -0.15) is 0 Å². The number of amides is 1. The van der Waals surface area contributed by atoms with Crippen molar-refractivity contribution in [3.63, 3.8) is 0 Å². The third-order valence-electron chi connectivity index (χ3n) is 3.25. The molecule has 1 amide bonds. The molecule has 0 bridgehead atoms. The van der Waals surface area contributed by atoms with Crippen LogP contribution in [0.15, 0.2) is 33.6 Å². The lowest BCUT2D eigenvalue weighted by Gasteiger charge is -2.18. The molecule has 1 atom stereocenters. The van der Waals surface area contributed by atoms with Gasteiger partial charge < -0.3 is 9.64 Å². The van der Waals surface area contributed by atoms with Crippen molar-refractivity contribution < 1.29 is 14.3 Å². The highest BCUT2D eigenvalue weighted by molar-refractivity contribution is 9.10. The molecule has 0 aromatic heterocycles. The largest absolute Gasteiger partial charge is 0.450 e. The average Bonchev–Trinajstić information content (AvgIpc) is 2.69. The smallest absolute Gasteiger partial charge is 0.409 e. The van der Waals surface area contributed by atoms with Gasteiger partial charge in [-0.15, -0.1) is 0 Å². The number of halogens is 1. The van der Waals surface area contributed by atoms with Crippen molar-refractivity contribution in [3.05, 3.63) is 28.7 Å². The molecular formula is C15H18BrNO3S2. The summed E-state index contributed by atoms with van der Waals surface area (Å²) >= 11 is 3.41. The minimum atomic E-state index is -0.318. The standard InChI is InChI=1S/C15H18BrNO3S2/c1-2-20-15(19)17-9-7-13(18)14(8-10-17)22-21-12-5-3-11(16)4-6-12/h3-6,14H,2,7-10H2,1H3. The van der Waals surface area contributed by atoms with Crippen LogP contribution in [0.5, 0.6) is 0 Å². The van der Waals surface area contributed by atoms with Gasteiger partial charge >= 0.3 is 6.09 Å². The molecule has 1 unspecified atom stereocenters. The fourth-order valence-corrected chi connectivity index (χ4v) is 4.85. The lowest BCUT2D eigenvalue weighted by molar-refractivity contribution is -0.118. The predicted octanol–water partition coefficient (Wildman–Crippen LogP) is 4.38. The van der Waals surface area contributed by atoms with Crippen LogP contribution in [0.3, 0.4) is 0 Å². The zero-order valence-electron chi connectivity index (χ0n) is 12.3. The molecule has 0 N–H and O–H groups in total. The monoisotopic (exact) mass is 403 g/mol. The molecule has 0 aliphatic carbocycles. The fourth-order valence-electron chi connectivity index (χ4n) is 2.05. The second-order valence-corrected chi connectivity index (χ2v) is 8.21. The van der Waals surface area contributed by atoms with E-state index >= 15 is 0 Å². The van der Waals surface area contributed by atoms with Crippen LogP contribution in [0.4, 0.5) is 4.79 Å². The highest BCUT2D eigenvalue weighted by atomic mass is 79.9. The summed E-state index contributed by atoms with van der Waals surface area (Å²) < 4.78 is 6.05. The molecule has 0 saturated carbocycles. The number of nitrogens with zero attached hydrogens (tertiary/aromatic N) is 1. The van der Waals surface area contributed by atoms with Gasteiger partial charge in [0.2, 0.25) is 0 Å². The van der Waals surface area contributed by atoms with Gasteiger partial charge in [0.15, 0.2) is 0 Å². The van der Waals surface area contributed by atoms with Gasteiger partial charge in [-0.05, 0) is 37.6 Å². The van der Waals surface area contributed by atoms with E-state index in [2.05, 4.69) is 15.9 Å². The predicted molar refractivity (Wildman–Crippen MR) is 94.2 cm³/mol. The lowest BCUT2D eigenvalue weighted by atomic mass is 10.2. The van der Waals surface area contributed by atoms with Gasteiger partial charge in [-0.3, -0.25) is 4.79 Å². The number of carbonyl (C=O) groups excluding carboxylic acids is 2. The molecule has 1 aliphatic heterocycles. The summed E-state index contributed by atoms with van der Waals surface area (Å²) in [6.45, 7) is 3.18. The van der Waals surface area contributed by atoms with Crippen molar-refractivity contribution in [3.8, 4) is 0 Å². The SMILES string of the molecule is CCOC(=O)N1CCC(=O)C(SSc2ccc(Br)cc2)CC1. The highest BCUT2D eigenvalue weighted by Crippen LogP contribution is 2.37. The number of rotatable bonds is 4. The summed E-state index contributed by atoms with van der Waals surface area (Å²) in [5, 5.41) is -0.0759. The normalized spacial score (nSPS) is 18.9. The van der Waals surface area contributed by atoms with Crippen molar-refractivity contribution >= 4 is 49.4 Å². The van der Waals surface area contributed by atoms with Gasteiger partial charge in [0, 0.05) is 28.9 Å². The van der Waals surface area contributed by atoms with E-state index in [9.17, 15) is 9.59 Å². The second kappa shape index (κ2) is 8.84. The van der Waals surface area contributed by atoms with E-state index in [1.54, 1.807) is 33.4 Å². The van der Waals surface area contributed by atoms with Crippen molar-refractivity contribution in [1.82, 2.24) is 4.90 Å². The van der Waals surface area contributed by atoms with Crippen LogP contribution in [0, 0.1) is 0 Å². The molecule has 7 heteroatoms. The number of likely N-dealkylation sites (tertiary alicyclic amines) is 1. The van der Waals surface area contributed by atoms with Crippen LogP contribution >= 0.6 is 37.5 Å². The third kappa shape index (κ3) is 5.21. The van der Waals surface area contributed by atoms with E-state index in [1.807, 2.05) is 24.3 Å². The Bertz CT molecular complexity index is 524. The fraction of sp³-hybridized carbons (Fsp3) is 0.467. The summed E-state index contributed by atoms with van der Waals surface area (Å²) in [5.74, 6) is 0.210. The van der Waals surface area contributed by atoms with Gasteiger partial charge in [-0.1, -0.05) is 37.5 Å². The number of Topliss-reactive ketones (excluding diaryl/α,β-unsaturated/α-hetero) is 1. The molecule has 0 radical (unpaired) electrons. The molecule has 2 rings (SSSR count). The number of ketones is 1. The molecule has 1 aromatic rings. The van der Waals surface area contributed by atoms with Crippen molar-refractivity contribution in [2.75, 3.05) is 19.7 Å². The minimum Gasteiger partial charge on any atom is -0.450 e. The molecular weight excluding hydrogens is 386 g/mol. The molecule has 1 aromatic carbocycles. The van der Waals surface area contributed by atoms with Crippen LogP contribution in [0.1, 0.15) is 19.8 Å². The Morgan fingerprint density at radius 1 is 1.36 bits per heavy atom. The summed E-state index contributed by atoms with van der Waals surface area (Å²) in [4.78, 5) is 26.7. The zero-order chi connectivity index (χ0) is 15.9. The lowest BCUT2D eigenvalue weighted by Crippen LogP contribution is -2.32. The number of carbonyl (C=O) groups is 2. The summed E-state index contributed by atoms with van der Waals surface area (Å²) in [6.07, 6.45) is 0.755. The molecule has 22 heavy (non-hydrogen) atoms. The Kier molecular flexibility index (Phi) is 7.11. The molecule has 1 heterocycles. The summed E-state index contributed by atoms with van der Waals surface area (Å²) in [7, 11) is 3.19. The number of hydrogen-bond acceptors (Lipinski definition) is 5. The maximum atomic E-state index is 12.2. The first kappa shape index (κ1) is 17.7. The Labute approximate surface area is 146 Å². The first-order chi connectivity index (χ1) is 10.6. The number of hydrogen-bond donors (Lipinski definition) is 0. The Morgan fingerprint density at radius 2 is 2.09 bits per heavy atom. The molecule has 1 aliphatic rings. The van der Waals surface area contributed by atoms with Crippen LogP contribution in [0.2, 0.25) is 0 Å². The van der Waals surface area contributed by atoms with Crippen molar-refractivity contribution in [1.29, 1.82) is 0 Å². The van der Waals surface area contributed by atoms with Crippen molar-refractivity contribution in [2.45, 2.75) is 29.9 Å². The summed E-state index contributed by atoms with van der Waals surface area (Å²) in [6, 6.07) is 8.02. The molecule has 1 fully saturated rings. The minimum absolute atomic E-state index is 0.0759. The molecule has 4 nitrogen and oxygen atoms in total. The van der Waals surface area contributed by atoms with Gasteiger partial charge in [0.1, 0.15) is 5.78 Å². The summed E-state index contributed by atoms with van der Waals surface area (Å²) in [5.41, 5.74) is 0. The van der Waals surface area contributed by atoms with Crippen LogP contribution < -0.4 is 0 Å².